The first-order valence-electron chi connectivity index (χ1n) is 11.6. The zero-order valence-corrected chi connectivity index (χ0v) is 19.9. The normalized spacial score (nSPS) is 24.6. The van der Waals surface area contributed by atoms with Crippen molar-refractivity contribution in [3.8, 4) is 17.2 Å². The maximum atomic E-state index is 12.8. The zero-order chi connectivity index (χ0) is 23.4. The minimum atomic E-state index is -0.229. The number of aromatic nitrogens is 1. The monoisotopic (exact) mass is 454 g/mol. The van der Waals surface area contributed by atoms with Crippen LogP contribution in [0.15, 0.2) is 36.7 Å². The maximum Gasteiger partial charge on any atom is 0.319 e. The maximum absolute atomic E-state index is 12.8. The molecule has 8 heteroatoms. The van der Waals surface area contributed by atoms with E-state index in [1.54, 1.807) is 32.7 Å². The van der Waals surface area contributed by atoms with Crippen LogP contribution in [0.2, 0.25) is 0 Å². The fourth-order valence-corrected chi connectivity index (χ4v) is 5.50. The Morgan fingerprint density at radius 1 is 1.18 bits per heavy atom. The molecule has 1 saturated heterocycles. The lowest BCUT2D eigenvalue weighted by atomic mass is 9.65. The zero-order valence-electron chi connectivity index (χ0n) is 19.9. The first kappa shape index (κ1) is 23.2. The lowest BCUT2D eigenvalue weighted by molar-refractivity contribution is 0.156. The minimum absolute atomic E-state index is 0.0500. The summed E-state index contributed by atoms with van der Waals surface area (Å²) < 4.78 is 16.6. The second-order valence-electron chi connectivity index (χ2n) is 8.85. The van der Waals surface area contributed by atoms with Gasteiger partial charge in [0.25, 0.3) is 0 Å². The molecule has 0 unspecified atom stereocenters. The number of methoxy groups -OCH3 is 2. The molecule has 2 heterocycles. The van der Waals surface area contributed by atoms with E-state index in [2.05, 4.69) is 39.7 Å². The molecule has 2 N–H and O–H groups in total. The topological polar surface area (TPSA) is 85.0 Å². The number of urea groups is 1. The van der Waals surface area contributed by atoms with Gasteiger partial charge in [0.2, 0.25) is 0 Å². The van der Waals surface area contributed by atoms with E-state index in [1.807, 2.05) is 13.0 Å². The summed E-state index contributed by atoms with van der Waals surface area (Å²) in [5.41, 5.74) is 1.91. The van der Waals surface area contributed by atoms with Gasteiger partial charge in [-0.1, -0.05) is 6.07 Å². The standard InChI is InChI=1S/C25H34N4O4/c1-5-33-20-9-12-26-16-19(20)28-24(30)27-18-8-10-25(11-13-29(2)23(25)15-18)17-6-7-21(31-3)22(14-17)32-4/h6-7,9,12,14,16,18,23H,5,8,10-11,13,15H2,1-4H3,(H2,27,28,30)/t18-,23+,25-/m0/s1. The van der Waals surface area contributed by atoms with Gasteiger partial charge in [-0.2, -0.15) is 0 Å². The molecule has 1 aliphatic carbocycles. The first-order chi connectivity index (χ1) is 16.0. The minimum Gasteiger partial charge on any atom is -0.493 e. The number of hydrogen-bond donors (Lipinski definition) is 2. The van der Waals surface area contributed by atoms with E-state index in [0.717, 1.165) is 43.7 Å². The third-order valence-corrected chi connectivity index (χ3v) is 7.15. The van der Waals surface area contributed by atoms with Gasteiger partial charge in [-0.05, 0) is 63.9 Å². The molecule has 178 valence electrons. The van der Waals surface area contributed by atoms with Crippen molar-refractivity contribution in [2.75, 3.05) is 39.7 Å². The Morgan fingerprint density at radius 3 is 2.76 bits per heavy atom. The number of carbonyl (C=O) groups is 1. The van der Waals surface area contributed by atoms with Crippen molar-refractivity contribution in [1.29, 1.82) is 0 Å². The van der Waals surface area contributed by atoms with E-state index in [9.17, 15) is 4.79 Å². The highest BCUT2D eigenvalue weighted by molar-refractivity contribution is 5.90. The van der Waals surface area contributed by atoms with Crippen molar-refractivity contribution < 1.29 is 19.0 Å². The Balaban J connectivity index is 1.47. The van der Waals surface area contributed by atoms with Gasteiger partial charge in [-0.25, -0.2) is 4.79 Å². The van der Waals surface area contributed by atoms with Gasteiger partial charge in [-0.15, -0.1) is 0 Å². The number of pyridine rings is 1. The second kappa shape index (κ2) is 9.87. The summed E-state index contributed by atoms with van der Waals surface area (Å²) in [6.45, 7) is 3.47. The van der Waals surface area contributed by atoms with E-state index in [1.165, 1.54) is 5.56 Å². The van der Waals surface area contributed by atoms with Crippen LogP contribution in [0.4, 0.5) is 10.5 Å². The molecule has 1 aliphatic heterocycles. The van der Waals surface area contributed by atoms with Gasteiger partial charge < -0.3 is 29.7 Å². The summed E-state index contributed by atoms with van der Waals surface area (Å²) in [4.78, 5) is 19.3. The molecule has 0 radical (unpaired) electrons. The van der Waals surface area contributed by atoms with Crippen molar-refractivity contribution in [1.82, 2.24) is 15.2 Å². The number of likely N-dealkylation sites (N-methyl/N-ethyl adjacent to an activating group) is 1. The van der Waals surface area contributed by atoms with Crippen molar-refractivity contribution in [2.45, 2.75) is 50.1 Å². The number of carbonyl (C=O) groups excluding carboxylic acids is 1. The first-order valence-corrected chi connectivity index (χ1v) is 11.6. The van der Waals surface area contributed by atoms with E-state index in [-0.39, 0.29) is 17.5 Å². The molecule has 1 saturated carbocycles. The number of likely N-dealkylation sites (tertiary alicyclic amines) is 1. The summed E-state index contributed by atoms with van der Waals surface area (Å²) in [7, 11) is 5.52. The SMILES string of the molecule is CCOc1ccncc1NC(=O)N[C@H]1CC[C@@]2(c3ccc(OC)c(OC)c3)CCN(C)[C@@H]2C1. The van der Waals surface area contributed by atoms with Gasteiger partial charge >= 0.3 is 6.03 Å². The number of benzene rings is 1. The van der Waals surface area contributed by atoms with Crippen LogP contribution in [0.1, 0.15) is 38.2 Å². The number of ether oxygens (including phenoxy) is 3. The number of nitrogens with one attached hydrogen (secondary N) is 2. The van der Waals surface area contributed by atoms with Gasteiger partial charge in [0.15, 0.2) is 11.5 Å². The summed E-state index contributed by atoms with van der Waals surface area (Å²) in [5, 5.41) is 6.08. The van der Waals surface area contributed by atoms with Gasteiger partial charge in [0.05, 0.1) is 27.0 Å². The smallest absolute Gasteiger partial charge is 0.319 e. The molecule has 1 aromatic heterocycles. The molecule has 0 spiro atoms. The Hall–Kier alpha value is -3.00. The van der Waals surface area contributed by atoms with E-state index < -0.39 is 0 Å². The van der Waals surface area contributed by atoms with Gasteiger partial charge in [0, 0.05) is 29.8 Å². The Labute approximate surface area is 195 Å². The third kappa shape index (κ3) is 4.57. The molecular weight excluding hydrogens is 420 g/mol. The van der Waals surface area contributed by atoms with Crippen LogP contribution in [0, 0.1) is 0 Å². The predicted octanol–water partition coefficient (Wildman–Crippen LogP) is 3.81. The van der Waals surface area contributed by atoms with Gasteiger partial charge in [-0.3, -0.25) is 4.98 Å². The second-order valence-corrected chi connectivity index (χ2v) is 8.85. The number of nitrogens with zero attached hydrogens (tertiary/aromatic N) is 2. The van der Waals surface area contributed by atoms with Crippen LogP contribution in [-0.4, -0.2) is 62.4 Å². The van der Waals surface area contributed by atoms with Gasteiger partial charge in [0.1, 0.15) is 11.4 Å². The van der Waals surface area contributed by atoms with Crippen LogP contribution in [0.3, 0.4) is 0 Å². The molecular formula is C25H34N4O4. The van der Waals surface area contributed by atoms with Crippen LogP contribution in [0.25, 0.3) is 0 Å². The van der Waals surface area contributed by atoms with E-state index in [0.29, 0.717) is 24.1 Å². The highest BCUT2D eigenvalue weighted by Crippen LogP contribution is 2.49. The summed E-state index contributed by atoms with van der Waals surface area (Å²) in [6.07, 6.45) is 7.16. The van der Waals surface area contributed by atoms with E-state index in [4.69, 9.17) is 14.2 Å². The quantitative estimate of drug-likeness (QED) is 0.662. The lowest BCUT2D eigenvalue weighted by Crippen LogP contribution is -2.52. The molecule has 3 atom stereocenters. The van der Waals surface area contributed by atoms with E-state index >= 15 is 0 Å². The average Bonchev–Trinajstić information content (AvgIpc) is 3.17. The Kier molecular flexibility index (Phi) is 6.93. The predicted molar refractivity (Wildman–Crippen MR) is 127 cm³/mol. The Bertz CT molecular complexity index is 985. The molecule has 2 fully saturated rings. The van der Waals surface area contributed by atoms with Crippen molar-refractivity contribution in [3.63, 3.8) is 0 Å². The van der Waals surface area contributed by atoms with Crippen molar-refractivity contribution >= 4 is 11.7 Å². The number of fused-ring (bicyclic) bond motifs is 1. The molecule has 8 nitrogen and oxygen atoms in total. The lowest BCUT2D eigenvalue weighted by Gasteiger charge is -2.45. The molecule has 0 bridgehead atoms. The molecule has 2 aromatic rings. The number of hydrogen-bond acceptors (Lipinski definition) is 6. The third-order valence-electron chi connectivity index (χ3n) is 7.15. The molecule has 33 heavy (non-hydrogen) atoms. The number of rotatable bonds is 7. The molecule has 4 rings (SSSR count). The fraction of sp³-hybridized carbons (Fsp3) is 0.520. The number of amides is 2. The largest absolute Gasteiger partial charge is 0.493 e. The van der Waals surface area contributed by atoms with Crippen LogP contribution in [0.5, 0.6) is 17.2 Å². The van der Waals surface area contributed by atoms with Crippen LogP contribution < -0.4 is 24.8 Å². The number of anilines is 1. The Morgan fingerprint density at radius 2 is 2.00 bits per heavy atom. The van der Waals surface area contributed by atoms with Crippen molar-refractivity contribution in [3.05, 3.63) is 42.2 Å². The highest BCUT2D eigenvalue weighted by Gasteiger charge is 2.50. The van der Waals surface area contributed by atoms with Crippen molar-refractivity contribution in [2.24, 2.45) is 0 Å². The highest BCUT2D eigenvalue weighted by atomic mass is 16.5. The fourth-order valence-electron chi connectivity index (χ4n) is 5.50. The van der Waals surface area contributed by atoms with Crippen LogP contribution in [-0.2, 0) is 5.41 Å². The summed E-state index contributed by atoms with van der Waals surface area (Å²) in [5.74, 6) is 2.13. The molecule has 2 aliphatic rings. The summed E-state index contributed by atoms with van der Waals surface area (Å²) >= 11 is 0. The molecule has 1 aromatic carbocycles. The average molecular weight is 455 g/mol. The molecule has 2 amide bonds. The summed E-state index contributed by atoms with van der Waals surface area (Å²) in [6, 6.07) is 8.26. The van der Waals surface area contributed by atoms with Crippen LogP contribution >= 0.6 is 0 Å².